The Bertz CT molecular complexity index is 431. The number of hydrogen-bond donors (Lipinski definition) is 4. The van der Waals surface area contributed by atoms with Crippen molar-refractivity contribution in [2.75, 3.05) is 24.1 Å². The second-order valence-electron chi connectivity index (χ2n) is 3.48. The summed E-state index contributed by atoms with van der Waals surface area (Å²) < 4.78 is 0. The Labute approximate surface area is 99.4 Å². The van der Waals surface area contributed by atoms with E-state index in [0.29, 0.717) is 23.5 Å². The molecule has 1 rings (SSSR count). The molecule has 0 spiro atoms. The van der Waals surface area contributed by atoms with Crippen LogP contribution in [-0.2, 0) is 4.79 Å². The van der Waals surface area contributed by atoms with E-state index in [9.17, 15) is 9.59 Å². The predicted molar refractivity (Wildman–Crippen MR) is 66.5 cm³/mol. The number of rotatable bonds is 5. The molecule has 0 aliphatic rings. The number of carbonyl (C=O) groups is 2. The van der Waals surface area contributed by atoms with Crippen LogP contribution in [-0.4, -0.2) is 24.9 Å². The number of anilines is 2. The maximum Gasteiger partial charge on any atom is 0.253 e. The van der Waals surface area contributed by atoms with Gasteiger partial charge in [0.1, 0.15) is 0 Å². The van der Waals surface area contributed by atoms with Crippen LogP contribution in [0.1, 0.15) is 17.3 Å². The molecular formula is C11H16N4O2. The molecule has 6 N–H and O–H groups in total. The van der Waals surface area contributed by atoms with Crippen LogP contribution in [0.25, 0.3) is 0 Å². The molecule has 17 heavy (non-hydrogen) atoms. The van der Waals surface area contributed by atoms with E-state index >= 15 is 0 Å². The third-order valence-electron chi connectivity index (χ3n) is 2.08. The molecule has 2 amide bonds. The number of nitrogens with two attached hydrogens (primary N) is 2. The SMILES string of the molecule is CCNC(=O)c1ccc(N)cc1NCC(N)=O. The molecule has 0 saturated carbocycles. The summed E-state index contributed by atoms with van der Waals surface area (Å²) in [4.78, 5) is 22.4. The quantitative estimate of drug-likeness (QED) is 0.536. The van der Waals surface area contributed by atoms with Crippen molar-refractivity contribution in [2.45, 2.75) is 6.92 Å². The molecule has 0 unspecified atom stereocenters. The predicted octanol–water partition coefficient (Wildman–Crippen LogP) is -0.0843. The first-order valence-electron chi connectivity index (χ1n) is 5.24. The fraction of sp³-hybridized carbons (Fsp3) is 0.273. The highest BCUT2D eigenvalue weighted by atomic mass is 16.2. The maximum absolute atomic E-state index is 11.7. The molecule has 0 aliphatic carbocycles. The van der Waals surface area contributed by atoms with Crippen LogP contribution < -0.4 is 22.1 Å². The van der Waals surface area contributed by atoms with E-state index in [4.69, 9.17) is 11.5 Å². The summed E-state index contributed by atoms with van der Waals surface area (Å²) in [5.74, 6) is -0.728. The maximum atomic E-state index is 11.7. The first-order valence-corrected chi connectivity index (χ1v) is 5.24. The van der Waals surface area contributed by atoms with Gasteiger partial charge in [0.25, 0.3) is 5.91 Å². The topological polar surface area (TPSA) is 110 Å². The summed E-state index contributed by atoms with van der Waals surface area (Å²) in [6, 6.07) is 4.82. The fourth-order valence-corrected chi connectivity index (χ4v) is 1.34. The van der Waals surface area contributed by atoms with Crippen molar-refractivity contribution in [3.8, 4) is 0 Å². The highest BCUT2D eigenvalue weighted by molar-refractivity contribution is 6.00. The summed E-state index contributed by atoms with van der Waals surface area (Å²) in [5, 5.41) is 5.45. The minimum atomic E-state index is -0.505. The molecule has 0 heterocycles. The standard InChI is InChI=1S/C11H16N4O2/c1-2-14-11(17)8-4-3-7(12)5-9(8)15-6-10(13)16/h3-5,15H,2,6,12H2,1H3,(H2,13,16)(H,14,17). The van der Waals surface area contributed by atoms with E-state index in [0.717, 1.165) is 0 Å². The van der Waals surface area contributed by atoms with E-state index in [2.05, 4.69) is 10.6 Å². The lowest BCUT2D eigenvalue weighted by atomic mass is 10.1. The molecule has 1 aromatic carbocycles. The van der Waals surface area contributed by atoms with Gasteiger partial charge in [-0.2, -0.15) is 0 Å². The molecule has 6 heteroatoms. The van der Waals surface area contributed by atoms with Crippen LogP contribution in [0.2, 0.25) is 0 Å². The molecule has 0 radical (unpaired) electrons. The lowest BCUT2D eigenvalue weighted by Crippen LogP contribution is -2.26. The minimum Gasteiger partial charge on any atom is -0.399 e. The smallest absolute Gasteiger partial charge is 0.253 e. The number of amides is 2. The lowest BCUT2D eigenvalue weighted by Gasteiger charge is -2.11. The van der Waals surface area contributed by atoms with E-state index in [1.54, 1.807) is 18.2 Å². The van der Waals surface area contributed by atoms with Crippen LogP contribution in [0, 0.1) is 0 Å². The highest BCUT2D eigenvalue weighted by Crippen LogP contribution is 2.18. The van der Waals surface area contributed by atoms with Crippen molar-refractivity contribution in [1.82, 2.24) is 5.32 Å². The summed E-state index contributed by atoms with van der Waals surface area (Å²) in [7, 11) is 0. The van der Waals surface area contributed by atoms with Crippen molar-refractivity contribution in [2.24, 2.45) is 5.73 Å². The Morgan fingerprint density at radius 2 is 2.06 bits per heavy atom. The monoisotopic (exact) mass is 236 g/mol. The lowest BCUT2D eigenvalue weighted by molar-refractivity contribution is -0.116. The third-order valence-corrected chi connectivity index (χ3v) is 2.08. The van der Waals surface area contributed by atoms with Crippen molar-refractivity contribution in [3.05, 3.63) is 23.8 Å². The van der Waals surface area contributed by atoms with Gasteiger partial charge in [-0.25, -0.2) is 0 Å². The fourth-order valence-electron chi connectivity index (χ4n) is 1.34. The van der Waals surface area contributed by atoms with Gasteiger partial charge in [-0.1, -0.05) is 0 Å². The van der Waals surface area contributed by atoms with Gasteiger partial charge in [0.15, 0.2) is 0 Å². The summed E-state index contributed by atoms with van der Waals surface area (Å²) in [5.41, 5.74) is 12.1. The molecule has 6 nitrogen and oxygen atoms in total. The molecule has 0 aromatic heterocycles. The number of carbonyl (C=O) groups excluding carboxylic acids is 2. The molecule has 0 bridgehead atoms. The van der Waals surface area contributed by atoms with Gasteiger partial charge in [0, 0.05) is 17.9 Å². The van der Waals surface area contributed by atoms with Gasteiger partial charge in [0.2, 0.25) is 5.91 Å². The van der Waals surface area contributed by atoms with Gasteiger partial charge in [-0.3, -0.25) is 9.59 Å². The zero-order chi connectivity index (χ0) is 12.8. The van der Waals surface area contributed by atoms with Gasteiger partial charge < -0.3 is 22.1 Å². The van der Waals surface area contributed by atoms with Crippen molar-refractivity contribution >= 4 is 23.2 Å². The number of nitrogens with one attached hydrogen (secondary N) is 2. The molecule has 0 saturated heterocycles. The molecular weight excluding hydrogens is 220 g/mol. The number of primary amides is 1. The zero-order valence-electron chi connectivity index (χ0n) is 9.62. The normalized spacial score (nSPS) is 9.71. The number of benzene rings is 1. The van der Waals surface area contributed by atoms with Crippen LogP contribution in [0.3, 0.4) is 0 Å². The van der Waals surface area contributed by atoms with Crippen LogP contribution in [0.5, 0.6) is 0 Å². The van der Waals surface area contributed by atoms with Crippen molar-refractivity contribution in [1.29, 1.82) is 0 Å². The van der Waals surface area contributed by atoms with Crippen LogP contribution in [0.4, 0.5) is 11.4 Å². The second-order valence-corrected chi connectivity index (χ2v) is 3.48. The summed E-state index contributed by atoms with van der Waals surface area (Å²) in [6.45, 7) is 2.31. The molecule has 0 fully saturated rings. The number of hydrogen-bond acceptors (Lipinski definition) is 4. The summed E-state index contributed by atoms with van der Waals surface area (Å²) in [6.07, 6.45) is 0. The van der Waals surface area contributed by atoms with Crippen molar-refractivity contribution in [3.63, 3.8) is 0 Å². The molecule has 1 aromatic rings. The van der Waals surface area contributed by atoms with E-state index in [1.165, 1.54) is 0 Å². The average molecular weight is 236 g/mol. The Kier molecular flexibility index (Phi) is 4.33. The molecule has 92 valence electrons. The van der Waals surface area contributed by atoms with Gasteiger partial charge in [-0.05, 0) is 25.1 Å². The third kappa shape index (κ3) is 3.67. The first kappa shape index (κ1) is 12.8. The average Bonchev–Trinajstić information content (AvgIpc) is 2.26. The van der Waals surface area contributed by atoms with E-state index in [-0.39, 0.29) is 12.5 Å². The number of nitrogen functional groups attached to an aromatic ring is 1. The second kappa shape index (κ2) is 5.74. The van der Waals surface area contributed by atoms with E-state index in [1.807, 2.05) is 6.92 Å². The van der Waals surface area contributed by atoms with Crippen molar-refractivity contribution < 1.29 is 9.59 Å². The Morgan fingerprint density at radius 3 is 2.65 bits per heavy atom. The van der Waals surface area contributed by atoms with Crippen LogP contribution >= 0.6 is 0 Å². The highest BCUT2D eigenvalue weighted by Gasteiger charge is 2.11. The molecule has 0 atom stereocenters. The Balaban J connectivity index is 2.94. The first-order chi connectivity index (χ1) is 8.04. The molecule has 0 aliphatic heterocycles. The van der Waals surface area contributed by atoms with Crippen LogP contribution in [0.15, 0.2) is 18.2 Å². The Morgan fingerprint density at radius 1 is 1.35 bits per heavy atom. The zero-order valence-corrected chi connectivity index (χ0v) is 9.62. The summed E-state index contributed by atoms with van der Waals surface area (Å²) >= 11 is 0. The largest absolute Gasteiger partial charge is 0.399 e. The van der Waals surface area contributed by atoms with E-state index < -0.39 is 5.91 Å². The Hall–Kier alpha value is -2.24. The minimum absolute atomic E-state index is 0.0458. The van der Waals surface area contributed by atoms with Gasteiger partial charge in [-0.15, -0.1) is 0 Å². The van der Waals surface area contributed by atoms with Gasteiger partial charge in [0.05, 0.1) is 12.1 Å². The van der Waals surface area contributed by atoms with Gasteiger partial charge >= 0.3 is 0 Å².